The Kier molecular flexibility index (Phi) is 63.9. The van der Waals surface area contributed by atoms with Gasteiger partial charge in [-0.15, -0.1) is 0 Å². The molecule has 1 heterocycles. The number of hydrogen-bond acceptors (Lipinski definition) is 10. The highest BCUT2D eigenvalue weighted by molar-refractivity contribution is 5.80. The lowest BCUT2D eigenvalue weighted by Gasteiger charge is -2.41. The number of aliphatic hydroxyl groups excluding tert-OH is 5. The molecule has 6 N–H and O–H groups in total. The fourth-order valence-corrected chi connectivity index (χ4v) is 12.3. The summed E-state index contributed by atoms with van der Waals surface area (Å²) in [4.78, 5) is 26.8. The molecule has 8 atom stereocenters. The predicted molar refractivity (Wildman–Crippen MR) is 384 cm³/mol. The maximum absolute atomic E-state index is 13.5. The second-order valence-electron chi connectivity index (χ2n) is 27.1. The monoisotopic (exact) mass is 1280 g/mol. The number of ether oxygens (including phenoxy) is 3. The number of aliphatic hydroxyl groups is 5. The van der Waals surface area contributed by atoms with Gasteiger partial charge in [0, 0.05) is 6.42 Å². The van der Waals surface area contributed by atoms with Crippen molar-refractivity contribution in [1.82, 2.24) is 5.32 Å². The van der Waals surface area contributed by atoms with Gasteiger partial charge >= 0.3 is 5.97 Å². The van der Waals surface area contributed by atoms with Gasteiger partial charge < -0.3 is 45.1 Å². The molecule has 11 nitrogen and oxygen atoms in total. The molecular formula is C80H147NO10. The average molecular weight is 1280 g/mol. The normalized spacial score (nSPS) is 18.3. The molecule has 1 aliphatic heterocycles. The fourth-order valence-electron chi connectivity index (χ4n) is 12.3. The van der Waals surface area contributed by atoms with Crippen LogP contribution in [0.15, 0.2) is 60.8 Å². The van der Waals surface area contributed by atoms with E-state index in [1.54, 1.807) is 6.08 Å². The molecule has 11 heteroatoms. The van der Waals surface area contributed by atoms with Crippen LogP contribution in [0, 0.1) is 0 Å². The molecule has 0 aromatic carbocycles. The minimum absolute atomic E-state index is 0.117. The van der Waals surface area contributed by atoms with Crippen LogP contribution in [0.4, 0.5) is 0 Å². The lowest BCUT2D eigenvalue weighted by atomic mass is 9.99. The summed E-state index contributed by atoms with van der Waals surface area (Å²) in [5, 5.41) is 57.4. The van der Waals surface area contributed by atoms with Gasteiger partial charge in [0.25, 0.3) is 0 Å². The molecule has 1 amide bonds. The second kappa shape index (κ2) is 67.3. The van der Waals surface area contributed by atoms with Crippen LogP contribution >= 0.6 is 0 Å². The van der Waals surface area contributed by atoms with Gasteiger partial charge in [0.2, 0.25) is 5.91 Å². The molecule has 0 saturated carbocycles. The van der Waals surface area contributed by atoms with E-state index in [0.717, 1.165) is 89.9 Å². The Morgan fingerprint density at radius 2 is 0.758 bits per heavy atom. The zero-order valence-electron chi connectivity index (χ0n) is 59.5. The van der Waals surface area contributed by atoms with Crippen molar-refractivity contribution in [3.8, 4) is 0 Å². The minimum Gasteiger partial charge on any atom is -0.454 e. The first-order valence-electron chi connectivity index (χ1n) is 39.1. The SMILES string of the molecule is CCCCC/C=C\C/C=C\C/C=C\C/C=C\CCCCCCCCCCCC(=O)OC1C(OCC(NC(=O)C(O)CCCCCCCCCCCCCCCCCCCCCCCCCC)C(O)/C=C/CCCCCCCCCCCCC)OC(CO)C(O)C1O. The Hall–Kier alpha value is -2.64. The smallest absolute Gasteiger partial charge is 0.306 e. The maximum atomic E-state index is 13.5. The maximum Gasteiger partial charge on any atom is 0.306 e. The van der Waals surface area contributed by atoms with E-state index in [4.69, 9.17) is 14.2 Å². The molecule has 91 heavy (non-hydrogen) atoms. The number of esters is 1. The van der Waals surface area contributed by atoms with E-state index in [1.165, 1.54) is 238 Å². The van der Waals surface area contributed by atoms with Gasteiger partial charge in [-0.25, -0.2) is 0 Å². The highest BCUT2D eigenvalue weighted by atomic mass is 16.7. The molecule has 1 fully saturated rings. The van der Waals surface area contributed by atoms with Gasteiger partial charge in [-0.1, -0.05) is 358 Å². The van der Waals surface area contributed by atoms with E-state index in [-0.39, 0.29) is 13.0 Å². The van der Waals surface area contributed by atoms with Crippen LogP contribution in [0.1, 0.15) is 374 Å². The van der Waals surface area contributed by atoms with E-state index in [0.29, 0.717) is 19.3 Å². The van der Waals surface area contributed by atoms with E-state index in [9.17, 15) is 35.1 Å². The molecule has 1 saturated heterocycles. The predicted octanol–water partition coefficient (Wildman–Crippen LogP) is 20.9. The quantitative estimate of drug-likeness (QED) is 0.0195. The first-order valence-corrected chi connectivity index (χ1v) is 39.1. The van der Waals surface area contributed by atoms with E-state index in [2.05, 4.69) is 74.7 Å². The summed E-state index contributed by atoms with van der Waals surface area (Å²) < 4.78 is 17.7. The van der Waals surface area contributed by atoms with Crippen molar-refractivity contribution >= 4 is 11.9 Å². The van der Waals surface area contributed by atoms with Crippen LogP contribution in [-0.4, -0.2) is 99.6 Å². The van der Waals surface area contributed by atoms with Crippen molar-refractivity contribution in [1.29, 1.82) is 0 Å². The van der Waals surface area contributed by atoms with Crippen molar-refractivity contribution in [3.63, 3.8) is 0 Å². The Bertz CT molecular complexity index is 1720. The van der Waals surface area contributed by atoms with E-state index in [1.807, 2.05) is 6.08 Å². The Morgan fingerprint density at radius 1 is 0.429 bits per heavy atom. The third kappa shape index (κ3) is 54.2. The molecule has 1 aliphatic rings. The second-order valence-corrected chi connectivity index (χ2v) is 27.1. The first kappa shape index (κ1) is 86.4. The number of allylic oxidation sites excluding steroid dienone is 9. The number of amides is 1. The van der Waals surface area contributed by atoms with Gasteiger partial charge in [0.05, 0.1) is 25.4 Å². The Balaban J connectivity index is 2.53. The summed E-state index contributed by atoms with van der Waals surface area (Å²) >= 11 is 0. The molecule has 0 bridgehead atoms. The van der Waals surface area contributed by atoms with Crippen LogP contribution in [0.25, 0.3) is 0 Å². The average Bonchev–Trinajstić information content (AvgIpc) is 1.09. The van der Waals surface area contributed by atoms with Crippen molar-refractivity contribution < 1.29 is 49.3 Å². The van der Waals surface area contributed by atoms with Crippen LogP contribution < -0.4 is 5.32 Å². The third-order valence-corrected chi connectivity index (χ3v) is 18.4. The molecule has 8 unspecified atom stereocenters. The third-order valence-electron chi connectivity index (χ3n) is 18.4. The lowest BCUT2D eigenvalue weighted by molar-refractivity contribution is -0.305. The summed E-state index contributed by atoms with van der Waals surface area (Å²) in [6.07, 6.45) is 76.9. The Morgan fingerprint density at radius 3 is 1.15 bits per heavy atom. The van der Waals surface area contributed by atoms with Crippen LogP contribution in [0.5, 0.6) is 0 Å². The molecule has 0 aromatic heterocycles. The molecule has 0 spiro atoms. The number of carbonyl (C=O) groups excluding carboxylic acids is 2. The molecule has 0 radical (unpaired) electrons. The minimum atomic E-state index is -1.62. The molecule has 0 aromatic rings. The van der Waals surface area contributed by atoms with Gasteiger partial charge in [0.1, 0.15) is 24.4 Å². The van der Waals surface area contributed by atoms with Gasteiger partial charge in [-0.2, -0.15) is 0 Å². The number of nitrogens with one attached hydrogen (secondary N) is 1. The standard InChI is InChI=1S/C80H147NO10/c1-4-7-10-13-16-19-22-25-27-29-31-33-35-37-39-41-43-45-47-50-53-56-59-62-65-68-75(85)91-78-77(87)76(86)74(69-82)90-80(78)89-70-71(72(83)66-63-60-57-54-51-48-24-21-18-15-12-9-6-3)81-79(88)73(84)67-64-61-58-55-52-49-46-44-42-40-38-36-34-32-30-28-26-23-20-17-14-11-8-5-2/h16,19,25,27,31,33,37,39,63,66,71-74,76-78,80,82-84,86-87H,4-15,17-18,20-24,26,28-30,32,34-36,38,40-62,64-65,67-70H2,1-3H3,(H,81,88)/b19-16-,27-25-,33-31-,39-37-,66-63+. The number of unbranched alkanes of at least 4 members (excludes halogenated alkanes) is 46. The number of carbonyl (C=O) groups is 2. The zero-order chi connectivity index (χ0) is 66.0. The zero-order valence-corrected chi connectivity index (χ0v) is 59.5. The molecule has 0 aliphatic carbocycles. The molecular weight excluding hydrogens is 1130 g/mol. The summed E-state index contributed by atoms with van der Waals surface area (Å²) in [5.74, 6) is -1.19. The Labute approximate surface area is 560 Å². The fraction of sp³-hybridized carbons (Fsp3) is 0.850. The van der Waals surface area contributed by atoms with Crippen molar-refractivity contribution in [2.75, 3.05) is 13.2 Å². The number of rotatable bonds is 68. The summed E-state index contributed by atoms with van der Waals surface area (Å²) in [6, 6.07) is -1.03. The van der Waals surface area contributed by atoms with Crippen molar-refractivity contribution in [2.24, 2.45) is 0 Å². The van der Waals surface area contributed by atoms with Gasteiger partial charge in [-0.3, -0.25) is 9.59 Å². The first-order chi connectivity index (χ1) is 44.7. The highest BCUT2D eigenvalue weighted by Gasteiger charge is 2.47. The number of hydrogen-bond donors (Lipinski definition) is 6. The summed E-state index contributed by atoms with van der Waals surface area (Å²) in [5.41, 5.74) is 0. The van der Waals surface area contributed by atoms with Crippen LogP contribution in [0.3, 0.4) is 0 Å². The lowest BCUT2D eigenvalue weighted by Crippen LogP contribution is -2.61. The summed E-state index contributed by atoms with van der Waals surface area (Å²) in [7, 11) is 0. The topological polar surface area (TPSA) is 175 Å². The van der Waals surface area contributed by atoms with Gasteiger partial charge in [0.15, 0.2) is 12.4 Å². The van der Waals surface area contributed by atoms with Gasteiger partial charge in [-0.05, 0) is 70.6 Å². The van der Waals surface area contributed by atoms with E-state index >= 15 is 0 Å². The molecule has 532 valence electrons. The van der Waals surface area contributed by atoms with Crippen molar-refractivity contribution in [2.45, 2.75) is 423 Å². The van der Waals surface area contributed by atoms with Crippen molar-refractivity contribution in [3.05, 3.63) is 60.8 Å². The van der Waals surface area contributed by atoms with E-state index < -0.39 is 67.4 Å². The molecule has 1 rings (SSSR count). The highest BCUT2D eigenvalue weighted by Crippen LogP contribution is 2.27. The summed E-state index contributed by atoms with van der Waals surface area (Å²) in [6.45, 7) is 5.83. The van der Waals surface area contributed by atoms with Crippen LogP contribution in [0.2, 0.25) is 0 Å². The largest absolute Gasteiger partial charge is 0.454 e. The van der Waals surface area contributed by atoms with Crippen LogP contribution in [-0.2, 0) is 23.8 Å².